The highest BCUT2D eigenvalue weighted by atomic mass is 16.1. The first-order chi connectivity index (χ1) is 12.8. The van der Waals surface area contributed by atoms with Crippen molar-refractivity contribution < 1.29 is 4.79 Å². The summed E-state index contributed by atoms with van der Waals surface area (Å²) < 4.78 is 0. The van der Waals surface area contributed by atoms with Gasteiger partial charge in [-0.05, 0) is 35.4 Å². The lowest BCUT2D eigenvalue weighted by molar-refractivity contribution is 0.0954. The molecule has 4 heteroatoms. The molecule has 0 bridgehead atoms. The van der Waals surface area contributed by atoms with Crippen LogP contribution in [0.15, 0.2) is 78.9 Å². The lowest BCUT2D eigenvalue weighted by atomic mass is 10.0. The predicted octanol–water partition coefficient (Wildman–Crippen LogP) is 4.20. The SMILES string of the molecule is O=C(NCCc1nc2ccccc2[nH]1)c1ccc(-c2ccccc2)cc1. The number of amides is 1. The van der Waals surface area contributed by atoms with E-state index in [9.17, 15) is 4.79 Å². The quantitative estimate of drug-likeness (QED) is 0.571. The Morgan fingerprint density at radius 2 is 1.54 bits per heavy atom. The van der Waals surface area contributed by atoms with Crippen LogP contribution in [0.4, 0.5) is 0 Å². The van der Waals surface area contributed by atoms with E-state index in [1.165, 1.54) is 0 Å². The molecule has 4 rings (SSSR count). The Hall–Kier alpha value is -3.40. The zero-order valence-electron chi connectivity index (χ0n) is 14.3. The van der Waals surface area contributed by atoms with Crippen molar-refractivity contribution in [2.75, 3.05) is 6.54 Å². The number of nitrogens with zero attached hydrogens (tertiary/aromatic N) is 1. The summed E-state index contributed by atoms with van der Waals surface area (Å²) in [4.78, 5) is 20.1. The third kappa shape index (κ3) is 3.49. The van der Waals surface area contributed by atoms with Gasteiger partial charge >= 0.3 is 0 Å². The van der Waals surface area contributed by atoms with E-state index in [2.05, 4.69) is 27.4 Å². The molecule has 128 valence electrons. The molecule has 0 aliphatic carbocycles. The second-order valence-electron chi connectivity index (χ2n) is 6.15. The second-order valence-corrected chi connectivity index (χ2v) is 6.15. The monoisotopic (exact) mass is 341 g/mol. The van der Waals surface area contributed by atoms with Gasteiger partial charge in [-0.25, -0.2) is 4.98 Å². The van der Waals surface area contributed by atoms with Crippen molar-refractivity contribution in [2.45, 2.75) is 6.42 Å². The van der Waals surface area contributed by atoms with Gasteiger partial charge in [0.05, 0.1) is 11.0 Å². The number of carbonyl (C=O) groups is 1. The van der Waals surface area contributed by atoms with Gasteiger partial charge in [0, 0.05) is 18.5 Å². The van der Waals surface area contributed by atoms with E-state index < -0.39 is 0 Å². The van der Waals surface area contributed by atoms with Gasteiger partial charge in [-0.15, -0.1) is 0 Å². The number of para-hydroxylation sites is 2. The Labute approximate surface area is 151 Å². The molecule has 0 aliphatic heterocycles. The Morgan fingerprint density at radius 1 is 0.846 bits per heavy atom. The third-order valence-electron chi connectivity index (χ3n) is 4.34. The number of nitrogens with one attached hydrogen (secondary N) is 2. The van der Waals surface area contributed by atoms with E-state index in [1.54, 1.807) is 0 Å². The number of hydrogen-bond acceptors (Lipinski definition) is 2. The van der Waals surface area contributed by atoms with Crippen molar-refractivity contribution in [2.24, 2.45) is 0 Å². The topological polar surface area (TPSA) is 57.8 Å². The Bertz CT molecular complexity index is 987. The molecule has 0 spiro atoms. The average molecular weight is 341 g/mol. The molecule has 4 nitrogen and oxygen atoms in total. The van der Waals surface area contributed by atoms with Gasteiger partial charge in [-0.3, -0.25) is 4.79 Å². The van der Waals surface area contributed by atoms with Gasteiger partial charge in [-0.2, -0.15) is 0 Å². The molecule has 4 aromatic rings. The molecule has 0 fully saturated rings. The molecular weight excluding hydrogens is 322 g/mol. The van der Waals surface area contributed by atoms with E-state index in [-0.39, 0.29) is 5.91 Å². The molecule has 0 radical (unpaired) electrons. The lowest BCUT2D eigenvalue weighted by Crippen LogP contribution is -2.25. The number of benzene rings is 3. The number of aromatic amines is 1. The molecule has 3 aromatic carbocycles. The van der Waals surface area contributed by atoms with Crippen LogP contribution in [0, 0.1) is 0 Å². The number of rotatable bonds is 5. The maximum absolute atomic E-state index is 12.3. The standard InChI is InChI=1S/C22H19N3O/c26-22(18-12-10-17(11-13-18)16-6-2-1-3-7-16)23-15-14-21-24-19-8-4-5-9-20(19)25-21/h1-13H,14-15H2,(H,23,26)(H,24,25). The third-order valence-corrected chi connectivity index (χ3v) is 4.34. The Kier molecular flexibility index (Phi) is 4.48. The van der Waals surface area contributed by atoms with Crippen molar-refractivity contribution in [3.05, 3.63) is 90.3 Å². The molecule has 0 aliphatic rings. The number of fused-ring (bicyclic) bond motifs is 1. The molecule has 1 heterocycles. The van der Waals surface area contributed by atoms with Crippen LogP contribution in [0.5, 0.6) is 0 Å². The molecular formula is C22H19N3O. The molecule has 0 unspecified atom stereocenters. The maximum Gasteiger partial charge on any atom is 0.251 e. The first-order valence-corrected chi connectivity index (χ1v) is 8.67. The fourth-order valence-corrected chi connectivity index (χ4v) is 2.97. The summed E-state index contributed by atoms with van der Waals surface area (Å²) in [5.41, 5.74) is 4.87. The Balaban J connectivity index is 1.36. The molecule has 1 aromatic heterocycles. The van der Waals surface area contributed by atoms with E-state index in [0.717, 1.165) is 28.0 Å². The molecule has 0 saturated heterocycles. The van der Waals surface area contributed by atoms with Gasteiger partial charge in [0.1, 0.15) is 5.82 Å². The van der Waals surface area contributed by atoms with Gasteiger partial charge in [0.15, 0.2) is 0 Å². The van der Waals surface area contributed by atoms with E-state index in [4.69, 9.17) is 0 Å². The minimum atomic E-state index is -0.0688. The highest BCUT2D eigenvalue weighted by Gasteiger charge is 2.07. The van der Waals surface area contributed by atoms with Gasteiger partial charge in [0.25, 0.3) is 5.91 Å². The Morgan fingerprint density at radius 3 is 2.31 bits per heavy atom. The lowest BCUT2D eigenvalue weighted by Gasteiger charge is -2.06. The van der Waals surface area contributed by atoms with Crippen LogP contribution in [0.3, 0.4) is 0 Å². The molecule has 0 saturated carbocycles. The van der Waals surface area contributed by atoms with Gasteiger partial charge < -0.3 is 10.3 Å². The fraction of sp³-hybridized carbons (Fsp3) is 0.0909. The van der Waals surface area contributed by atoms with Crippen molar-refractivity contribution in [1.82, 2.24) is 15.3 Å². The second kappa shape index (κ2) is 7.23. The highest BCUT2D eigenvalue weighted by molar-refractivity contribution is 5.94. The first kappa shape index (κ1) is 16.1. The first-order valence-electron chi connectivity index (χ1n) is 8.67. The average Bonchev–Trinajstić information content (AvgIpc) is 3.11. The van der Waals surface area contributed by atoms with Gasteiger partial charge in [0.2, 0.25) is 0 Å². The number of carbonyl (C=O) groups excluding carboxylic acids is 1. The summed E-state index contributed by atoms with van der Waals surface area (Å²) in [6.45, 7) is 0.541. The highest BCUT2D eigenvalue weighted by Crippen LogP contribution is 2.19. The normalized spacial score (nSPS) is 10.8. The van der Waals surface area contributed by atoms with E-state index >= 15 is 0 Å². The summed E-state index contributed by atoms with van der Waals surface area (Å²) in [7, 11) is 0. The summed E-state index contributed by atoms with van der Waals surface area (Å²) in [5, 5.41) is 2.95. The summed E-state index contributed by atoms with van der Waals surface area (Å²) in [6.07, 6.45) is 0.669. The molecule has 2 N–H and O–H groups in total. The van der Waals surface area contributed by atoms with Crippen LogP contribution >= 0.6 is 0 Å². The largest absolute Gasteiger partial charge is 0.352 e. The maximum atomic E-state index is 12.3. The van der Waals surface area contributed by atoms with Crippen LogP contribution < -0.4 is 5.32 Å². The number of H-pyrrole nitrogens is 1. The van der Waals surface area contributed by atoms with E-state index in [0.29, 0.717) is 18.5 Å². The predicted molar refractivity (Wildman–Crippen MR) is 104 cm³/mol. The van der Waals surface area contributed by atoms with Crippen LogP contribution in [0.2, 0.25) is 0 Å². The number of imidazole rings is 1. The minimum absolute atomic E-state index is 0.0688. The summed E-state index contributed by atoms with van der Waals surface area (Å²) in [5.74, 6) is 0.812. The zero-order valence-corrected chi connectivity index (χ0v) is 14.3. The van der Waals surface area contributed by atoms with Crippen LogP contribution in [-0.2, 0) is 6.42 Å². The smallest absolute Gasteiger partial charge is 0.251 e. The molecule has 26 heavy (non-hydrogen) atoms. The zero-order chi connectivity index (χ0) is 17.8. The fourth-order valence-electron chi connectivity index (χ4n) is 2.97. The van der Waals surface area contributed by atoms with Gasteiger partial charge in [-0.1, -0.05) is 54.6 Å². The minimum Gasteiger partial charge on any atom is -0.352 e. The molecule has 0 atom stereocenters. The van der Waals surface area contributed by atoms with Crippen molar-refractivity contribution in [1.29, 1.82) is 0 Å². The van der Waals surface area contributed by atoms with Crippen molar-refractivity contribution in [3.8, 4) is 11.1 Å². The number of hydrogen-bond donors (Lipinski definition) is 2. The van der Waals surface area contributed by atoms with E-state index in [1.807, 2.05) is 66.7 Å². The summed E-state index contributed by atoms with van der Waals surface area (Å²) >= 11 is 0. The molecule has 1 amide bonds. The van der Waals surface area contributed by atoms with Crippen LogP contribution in [0.1, 0.15) is 16.2 Å². The van der Waals surface area contributed by atoms with Crippen molar-refractivity contribution >= 4 is 16.9 Å². The number of aromatic nitrogens is 2. The van der Waals surface area contributed by atoms with Crippen LogP contribution in [0.25, 0.3) is 22.2 Å². The van der Waals surface area contributed by atoms with Crippen molar-refractivity contribution in [3.63, 3.8) is 0 Å². The van der Waals surface area contributed by atoms with Crippen LogP contribution in [-0.4, -0.2) is 22.4 Å². The summed E-state index contributed by atoms with van der Waals surface area (Å²) in [6, 6.07) is 25.7.